The number of hydrogen-bond donors (Lipinski definition) is 2. The molecule has 0 saturated heterocycles. The van der Waals surface area contributed by atoms with Crippen LogP contribution in [0.5, 0.6) is 5.75 Å². The van der Waals surface area contributed by atoms with Gasteiger partial charge in [-0.2, -0.15) is 13.2 Å². The van der Waals surface area contributed by atoms with Crippen LogP contribution in [0.15, 0.2) is 77.7 Å². The van der Waals surface area contributed by atoms with Gasteiger partial charge >= 0.3 is 6.18 Å². The first-order valence-electron chi connectivity index (χ1n) is 9.92. The van der Waals surface area contributed by atoms with Gasteiger partial charge in [-0.1, -0.05) is 41.9 Å². The van der Waals surface area contributed by atoms with E-state index in [-0.39, 0.29) is 21.4 Å². The van der Waals surface area contributed by atoms with Crippen molar-refractivity contribution in [1.82, 2.24) is 4.72 Å². The topological polar surface area (TPSA) is 84.5 Å². The normalized spacial score (nSPS) is 12.7. The average molecular weight is 513 g/mol. The molecule has 180 valence electrons. The van der Waals surface area contributed by atoms with Crippen LogP contribution in [0.3, 0.4) is 0 Å². The largest absolute Gasteiger partial charge is 0.484 e. The molecule has 0 aliphatic rings. The molecule has 2 N–H and O–H groups in total. The minimum absolute atomic E-state index is 0.00262. The summed E-state index contributed by atoms with van der Waals surface area (Å²) in [5.74, 6) is -0.545. The fourth-order valence-electron chi connectivity index (χ4n) is 2.96. The first-order valence-corrected chi connectivity index (χ1v) is 11.8. The molecule has 0 unspecified atom stereocenters. The first-order chi connectivity index (χ1) is 16.0. The molecule has 0 aromatic heterocycles. The molecule has 0 fully saturated rings. The number of ether oxygens (including phenoxy) is 1. The van der Waals surface area contributed by atoms with Crippen LogP contribution in [-0.2, 0) is 21.0 Å². The van der Waals surface area contributed by atoms with E-state index in [0.29, 0.717) is 0 Å². The van der Waals surface area contributed by atoms with Crippen molar-refractivity contribution in [3.63, 3.8) is 0 Å². The molecular weight excluding hydrogens is 493 g/mol. The fourth-order valence-corrected chi connectivity index (χ4v) is 4.35. The van der Waals surface area contributed by atoms with Gasteiger partial charge in [-0.3, -0.25) is 4.79 Å². The lowest BCUT2D eigenvalue weighted by Crippen LogP contribution is -2.26. The van der Waals surface area contributed by atoms with E-state index < -0.39 is 40.3 Å². The Morgan fingerprint density at radius 3 is 2.29 bits per heavy atom. The summed E-state index contributed by atoms with van der Waals surface area (Å²) < 4.78 is 71.7. The Morgan fingerprint density at radius 1 is 1.03 bits per heavy atom. The van der Waals surface area contributed by atoms with Gasteiger partial charge in [-0.15, -0.1) is 0 Å². The van der Waals surface area contributed by atoms with Crippen molar-refractivity contribution in [2.45, 2.75) is 24.0 Å². The molecule has 34 heavy (non-hydrogen) atoms. The minimum Gasteiger partial charge on any atom is -0.484 e. The molecule has 0 heterocycles. The Balaban J connectivity index is 1.59. The Kier molecular flexibility index (Phi) is 7.86. The molecule has 0 aliphatic heterocycles. The molecule has 3 aromatic rings. The third-order valence-electron chi connectivity index (χ3n) is 4.70. The average Bonchev–Trinajstić information content (AvgIpc) is 2.79. The number of anilines is 1. The van der Waals surface area contributed by atoms with Crippen LogP contribution in [0.1, 0.15) is 24.1 Å². The van der Waals surface area contributed by atoms with E-state index in [0.717, 1.165) is 23.8 Å². The molecule has 6 nitrogen and oxygen atoms in total. The van der Waals surface area contributed by atoms with Crippen LogP contribution in [-0.4, -0.2) is 20.9 Å². The summed E-state index contributed by atoms with van der Waals surface area (Å²) in [6, 6.07) is 16.5. The number of nitrogens with one attached hydrogen (secondary N) is 2. The summed E-state index contributed by atoms with van der Waals surface area (Å²) in [7, 11) is -3.81. The Hall–Kier alpha value is -3.08. The molecule has 1 atom stereocenters. The highest BCUT2D eigenvalue weighted by atomic mass is 35.5. The van der Waals surface area contributed by atoms with Crippen LogP contribution in [0.4, 0.5) is 18.9 Å². The molecule has 0 saturated carbocycles. The number of rotatable bonds is 8. The van der Waals surface area contributed by atoms with Gasteiger partial charge in [-0.25, -0.2) is 13.1 Å². The number of benzene rings is 3. The van der Waals surface area contributed by atoms with Gasteiger partial charge in [0.2, 0.25) is 10.0 Å². The van der Waals surface area contributed by atoms with Crippen molar-refractivity contribution in [3.8, 4) is 5.75 Å². The zero-order valence-corrected chi connectivity index (χ0v) is 19.3. The van der Waals surface area contributed by atoms with E-state index in [9.17, 15) is 26.4 Å². The van der Waals surface area contributed by atoms with E-state index in [4.69, 9.17) is 16.3 Å². The van der Waals surface area contributed by atoms with Crippen molar-refractivity contribution in [1.29, 1.82) is 0 Å². The number of carbonyl (C=O) groups is 1. The van der Waals surface area contributed by atoms with Crippen LogP contribution >= 0.6 is 11.6 Å². The van der Waals surface area contributed by atoms with Crippen molar-refractivity contribution in [2.75, 3.05) is 11.9 Å². The molecule has 11 heteroatoms. The summed E-state index contributed by atoms with van der Waals surface area (Å²) >= 11 is 5.86. The first kappa shape index (κ1) is 25.5. The zero-order chi connectivity index (χ0) is 24.9. The van der Waals surface area contributed by atoms with Gasteiger partial charge in [0.25, 0.3) is 5.91 Å². The monoisotopic (exact) mass is 512 g/mol. The maximum atomic E-state index is 12.9. The van der Waals surface area contributed by atoms with Gasteiger partial charge < -0.3 is 10.1 Å². The summed E-state index contributed by atoms with van der Waals surface area (Å²) in [6.45, 7) is 1.20. The fraction of sp³-hybridized carbons (Fsp3) is 0.174. The summed E-state index contributed by atoms with van der Waals surface area (Å²) in [6.07, 6.45) is -4.59. The van der Waals surface area contributed by atoms with Crippen LogP contribution in [0.2, 0.25) is 5.02 Å². The molecular formula is C23H20ClF3N2O4S. The van der Waals surface area contributed by atoms with E-state index in [1.807, 2.05) is 30.3 Å². The lowest BCUT2D eigenvalue weighted by Gasteiger charge is -2.15. The summed E-state index contributed by atoms with van der Waals surface area (Å²) in [5, 5.41) is 2.20. The second kappa shape index (κ2) is 10.5. The number of amides is 1. The molecule has 0 spiro atoms. The number of alkyl halides is 3. The maximum absolute atomic E-state index is 12.9. The van der Waals surface area contributed by atoms with Gasteiger partial charge in [-0.05, 0) is 55.0 Å². The van der Waals surface area contributed by atoms with Crippen LogP contribution in [0.25, 0.3) is 0 Å². The van der Waals surface area contributed by atoms with Crippen molar-refractivity contribution in [2.24, 2.45) is 0 Å². The Morgan fingerprint density at radius 2 is 1.68 bits per heavy atom. The van der Waals surface area contributed by atoms with E-state index in [2.05, 4.69) is 10.0 Å². The lowest BCUT2D eigenvalue weighted by atomic mass is 10.1. The van der Waals surface area contributed by atoms with Gasteiger partial charge in [0.1, 0.15) is 5.75 Å². The van der Waals surface area contributed by atoms with Gasteiger partial charge in [0, 0.05) is 6.04 Å². The molecule has 0 radical (unpaired) electrons. The second-order valence-corrected chi connectivity index (χ2v) is 9.38. The third-order valence-corrected chi connectivity index (χ3v) is 6.59. The summed E-state index contributed by atoms with van der Waals surface area (Å²) in [5.41, 5.74) is -0.358. The molecule has 3 aromatic carbocycles. The van der Waals surface area contributed by atoms with Crippen LogP contribution in [0, 0.1) is 0 Å². The van der Waals surface area contributed by atoms with Gasteiger partial charge in [0.15, 0.2) is 6.61 Å². The quantitative estimate of drug-likeness (QED) is 0.422. The highest BCUT2D eigenvalue weighted by Crippen LogP contribution is 2.33. The van der Waals surface area contributed by atoms with Crippen LogP contribution < -0.4 is 14.8 Å². The SMILES string of the molecule is C[C@@H](NS(=O)(=O)c1ccc(OCC(=O)Nc2cc(C(F)(F)F)ccc2Cl)cc1)c1ccccc1. The predicted molar refractivity (Wildman–Crippen MR) is 122 cm³/mol. The third kappa shape index (κ3) is 6.72. The molecule has 0 bridgehead atoms. The molecule has 3 rings (SSSR count). The van der Waals surface area contributed by atoms with Gasteiger partial charge in [0.05, 0.1) is 21.2 Å². The van der Waals surface area contributed by atoms with Crippen molar-refractivity contribution < 1.29 is 31.1 Å². The van der Waals surface area contributed by atoms with E-state index >= 15 is 0 Å². The Bertz CT molecular complexity index is 1250. The standard InChI is InChI=1S/C23H20ClF3N2O4S/c1-15(16-5-3-2-4-6-16)29-34(31,32)19-10-8-18(9-11-19)33-14-22(30)28-21-13-17(23(25,26)27)7-12-20(21)24/h2-13,15,29H,14H2,1H3,(H,28,30)/t15-/m1/s1. The predicted octanol–water partition coefficient (Wildman–Crippen LogP) is 5.42. The van der Waals surface area contributed by atoms with Crippen molar-refractivity contribution in [3.05, 3.63) is 88.9 Å². The smallest absolute Gasteiger partial charge is 0.416 e. The second-order valence-electron chi connectivity index (χ2n) is 7.25. The highest BCUT2D eigenvalue weighted by molar-refractivity contribution is 7.89. The highest BCUT2D eigenvalue weighted by Gasteiger charge is 2.31. The maximum Gasteiger partial charge on any atom is 0.416 e. The van der Waals surface area contributed by atoms with Crippen molar-refractivity contribution >= 4 is 33.2 Å². The number of hydrogen-bond acceptors (Lipinski definition) is 4. The number of halogens is 4. The lowest BCUT2D eigenvalue weighted by molar-refractivity contribution is -0.137. The van der Waals surface area contributed by atoms with E-state index in [1.165, 1.54) is 24.3 Å². The number of carbonyl (C=O) groups excluding carboxylic acids is 1. The number of sulfonamides is 1. The Labute approximate surface area is 199 Å². The van der Waals surface area contributed by atoms with E-state index in [1.54, 1.807) is 6.92 Å². The molecule has 0 aliphatic carbocycles. The minimum atomic E-state index is -4.59. The zero-order valence-electron chi connectivity index (χ0n) is 17.8. The molecule has 1 amide bonds. The summed E-state index contributed by atoms with van der Waals surface area (Å²) in [4.78, 5) is 12.1.